The molecule has 0 spiro atoms. The Kier molecular flexibility index (Phi) is 16.7. The van der Waals surface area contributed by atoms with Crippen LogP contribution in [0.25, 0.3) is 22.3 Å². The third-order valence-electron chi connectivity index (χ3n) is 16.2. The molecule has 30 nitrogen and oxygen atoms in total. The van der Waals surface area contributed by atoms with Crippen molar-refractivity contribution in [3.8, 4) is 0 Å². The maximum atomic E-state index is 13.0. The molecule has 6 aromatic heterocycles. The third-order valence-corrected chi connectivity index (χ3v) is 16.2. The first-order valence-electron chi connectivity index (χ1n) is 27.7. The van der Waals surface area contributed by atoms with Gasteiger partial charge in [-0.25, -0.2) is 19.6 Å². The molecule has 5 fully saturated rings. The molecule has 0 radical (unpaired) electrons. The fourth-order valence-electron chi connectivity index (χ4n) is 11.8. The Morgan fingerprint density at radius 3 is 1.33 bits per heavy atom. The summed E-state index contributed by atoms with van der Waals surface area (Å²) in [6.45, 7) is 0.799. The predicted octanol–water partition coefficient (Wildman–Crippen LogP) is -1.97. The zero-order valence-electron chi connectivity index (χ0n) is 44.7. The molecule has 0 unspecified atom stereocenters. The van der Waals surface area contributed by atoms with Crippen LogP contribution in [0.4, 0.5) is 33.1 Å². The van der Waals surface area contributed by atoms with Crippen LogP contribution in [0, 0.1) is 0 Å². The van der Waals surface area contributed by atoms with Crippen LogP contribution in [0.2, 0.25) is 0 Å². The number of aliphatic hydroxyl groups excluding tert-OH is 6. The number of aliphatic hydroxyl groups is 6. The third kappa shape index (κ3) is 12.2. The molecule has 0 bridgehead atoms. The molecule has 5 aliphatic rings. The number of nitrogens with one attached hydrogen (secondary N) is 8. The number of amides is 6. The van der Waals surface area contributed by atoms with Crippen LogP contribution in [-0.2, 0) is 22.7 Å². The van der Waals surface area contributed by atoms with E-state index in [4.69, 9.17) is 29.9 Å². The quantitative estimate of drug-likeness (QED) is 0.0444. The van der Waals surface area contributed by atoms with Gasteiger partial charge in [-0.15, -0.1) is 0 Å². The van der Waals surface area contributed by atoms with E-state index < -0.39 is 73.6 Å². The molecule has 10 atom stereocenters. The number of carbonyl (C=O) groups is 4. The van der Waals surface area contributed by atoms with Gasteiger partial charge in [0.1, 0.15) is 37.6 Å². The molecular weight excluding hydrogens is 1060 g/mol. The maximum Gasteiger partial charge on any atom is 0.315 e. The Bertz CT molecular complexity index is 3010. The van der Waals surface area contributed by atoms with Gasteiger partial charge in [-0.3, -0.25) is 19.6 Å². The summed E-state index contributed by atoms with van der Waals surface area (Å²) in [7, 11) is 0. The van der Waals surface area contributed by atoms with E-state index in [1.54, 1.807) is 33.7 Å². The Morgan fingerprint density at radius 2 is 0.939 bits per heavy atom. The Morgan fingerprint density at radius 1 is 0.512 bits per heavy atom. The molecule has 6 amide bonds. The van der Waals surface area contributed by atoms with Crippen LogP contribution in [0.15, 0.2) is 61.4 Å². The summed E-state index contributed by atoms with van der Waals surface area (Å²) in [5, 5.41) is 87.8. The highest BCUT2D eigenvalue weighted by atomic mass is 16.3. The lowest BCUT2D eigenvalue weighted by Crippen LogP contribution is -2.44. The lowest BCUT2D eigenvalue weighted by molar-refractivity contribution is -0.126. The van der Waals surface area contributed by atoms with Crippen molar-refractivity contribution in [3.63, 3.8) is 0 Å². The first kappa shape index (κ1) is 55.7. The van der Waals surface area contributed by atoms with Gasteiger partial charge in [0.25, 0.3) is 0 Å². The summed E-state index contributed by atoms with van der Waals surface area (Å²) >= 11 is 0. The molecule has 436 valence electrons. The average molecular weight is 1130 g/mol. The second-order valence-electron chi connectivity index (χ2n) is 21.6. The molecule has 0 aromatic carbocycles. The number of hydrogen-bond acceptors (Lipinski definition) is 22. The SMILES string of the molecule is O=C(CO)N[C@H]1C[C@@H](n2cnc3c(N[C@H]4CC[C@H](Nc5nc(N6CC[C@@H](NC(=O)NCc7ccccn7)C6)nc6c5ncn6[C@@H]5C[C@H](NC(=O)CO)[C@@H](O)[C@H]5O)CC4)nc(N4CC[C@@H](NC(=O)NCc5ccccn5)C4)nc32)[C@H](O)[C@@H]1O. The van der Waals surface area contributed by atoms with E-state index in [1.807, 2.05) is 34.1 Å². The monoisotopic (exact) mass is 1130 g/mol. The number of anilines is 4. The summed E-state index contributed by atoms with van der Waals surface area (Å²) in [4.78, 5) is 92.3. The minimum atomic E-state index is -1.33. The van der Waals surface area contributed by atoms with Crippen molar-refractivity contribution in [3.05, 3.63) is 72.8 Å². The average Bonchev–Trinajstić information content (AvgIpc) is 4.44. The van der Waals surface area contributed by atoms with Crippen LogP contribution in [0.5, 0.6) is 0 Å². The lowest BCUT2D eigenvalue weighted by Gasteiger charge is -2.31. The first-order valence-corrected chi connectivity index (χ1v) is 27.7. The summed E-state index contributed by atoms with van der Waals surface area (Å²) in [5.41, 5.74) is 3.06. The summed E-state index contributed by atoms with van der Waals surface area (Å²) in [6, 6.07) is 6.45. The summed E-state index contributed by atoms with van der Waals surface area (Å²) in [5.74, 6) is 0.258. The second kappa shape index (κ2) is 24.5. The molecule has 2 saturated heterocycles. The van der Waals surface area contributed by atoms with Gasteiger partial charge in [0, 0.05) is 62.7 Å². The van der Waals surface area contributed by atoms with E-state index in [2.05, 4.69) is 52.5 Å². The normalized spacial score (nSPS) is 27.1. The van der Waals surface area contributed by atoms with E-state index in [1.165, 1.54) is 12.7 Å². The fraction of sp³-hybridized carbons (Fsp3) is 0.538. The van der Waals surface area contributed by atoms with Crippen molar-refractivity contribution >= 4 is 69.7 Å². The minimum absolute atomic E-state index is 0.0909. The molecule has 8 heterocycles. The van der Waals surface area contributed by atoms with Gasteiger partial charge in [0.05, 0.1) is 61.3 Å². The molecule has 30 heteroatoms. The molecule has 82 heavy (non-hydrogen) atoms. The highest BCUT2D eigenvalue weighted by molar-refractivity contribution is 5.86. The predicted molar refractivity (Wildman–Crippen MR) is 294 cm³/mol. The number of nitrogens with zero attached hydrogens (tertiary/aromatic N) is 12. The molecule has 6 aromatic rings. The first-order chi connectivity index (χ1) is 39.8. The number of imidazole rings is 2. The van der Waals surface area contributed by atoms with Crippen molar-refractivity contribution in [2.24, 2.45) is 0 Å². The molecule has 11 rings (SSSR count). The molecule has 3 saturated carbocycles. The van der Waals surface area contributed by atoms with Gasteiger partial charge in [-0.1, -0.05) is 12.1 Å². The Labute approximate surface area is 469 Å². The number of rotatable bonds is 18. The lowest BCUT2D eigenvalue weighted by atomic mass is 9.91. The highest BCUT2D eigenvalue weighted by Gasteiger charge is 2.46. The number of pyridine rings is 2. The zero-order chi connectivity index (χ0) is 57.0. The van der Waals surface area contributed by atoms with Crippen LogP contribution in [-0.4, -0.2) is 204 Å². The number of urea groups is 2. The largest absolute Gasteiger partial charge is 0.388 e. The minimum Gasteiger partial charge on any atom is -0.388 e. The number of hydrogen-bond donors (Lipinski definition) is 14. The topological polar surface area (TPSA) is 405 Å². The van der Waals surface area contributed by atoms with Gasteiger partial charge >= 0.3 is 12.1 Å². The van der Waals surface area contributed by atoms with Crippen LogP contribution in [0.1, 0.15) is 74.8 Å². The molecule has 2 aliphatic heterocycles. The van der Waals surface area contributed by atoms with Crippen molar-refractivity contribution in [2.45, 2.75) is 137 Å². The van der Waals surface area contributed by atoms with E-state index >= 15 is 0 Å². The number of fused-ring (bicyclic) bond motifs is 2. The summed E-state index contributed by atoms with van der Waals surface area (Å²) < 4.78 is 3.37. The van der Waals surface area contributed by atoms with Gasteiger partial charge in [0.15, 0.2) is 34.0 Å². The van der Waals surface area contributed by atoms with Gasteiger partial charge in [-0.2, -0.15) is 19.9 Å². The highest BCUT2D eigenvalue weighted by Crippen LogP contribution is 2.38. The van der Waals surface area contributed by atoms with Gasteiger partial charge in [-0.05, 0) is 75.6 Å². The van der Waals surface area contributed by atoms with E-state index in [0.717, 1.165) is 11.4 Å². The number of carbonyl (C=O) groups excluding carboxylic acids is 4. The number of aromatic nitrogens is 10. The van der Waals surface area contributed by atoms with E-state index in [0.29, 0.717) is 111 Å². The van der Waals surface area contributed by atoms with Gasteiger partial charge in [0.2, 0.25) is 23.7 Å². The summed E-state index contributed by atoms with van der Waals surface area (Å²) in [6.07, 6.45) is 5.29. The smallest absolute Gasteiger partial charge is 0.315 e. The van der Waals surface area contributed by atoms with Crippen molar-refractivity contribution in [1.29, 1.82) is 0 Å². The van der Waals surface area contributed by atoms with Crippen LogP contribution in [0.3, 0.4) is 0 Å². The zero-order valence-corrected chi connectivity index (χ0v) is 44.7. The molecule has 3 aliphatic carbocycles. The van der Waals surface area contributed by atoms with Crippen LogP contribution < -0.4 is 52.3 Å². The fourth-order valence-corrected chi connectivity index (χ4v) is 11.8. The standard InChI is InChI=1S/C52H68N20O10/c73-23-37(75)63-33-17-35(43(79)41(33)77)71-25-57-39-45(65-49(67-47(39)71)69-15-11-31(21-69)61-51(81)55-19-29-5-1-3-13-53-29)59-27-7-9-28(10-8-27)60-46-40-48(72(26-58-40)36-18-34(42(78)44(36)80)64-38(76)24-74)68-50(66-46)70-16-12-32(22-70)62-52(82)56-20-30-6-2-4-14-54-30/h1-6,13-14,25-28,31-36,41-44,73-74,77-80H,7-12,15-24H2,(H,63,75)(H,64,76)(H2,55,61,81)(H2,56,62,82)(H,59,65,67)(H,60,66,68)/t27-,28-,31-,32-,33+,34+,35-,36-,41-,42-,43+,44+/m1/s1. The Hall–Kier alpha value is -8.16. The van der Waals surface area contributed by atoms with Crippen molar-refractivity contribution in [1.82, 2.24) is 80.9 Å². The van der Waals surface area contributed by atoms with Crippen LogP contribution >= 0.6 is 0 Å². The van der Waals surface area contributed by atoms with E-state index in [-0.39, 0.29) is 62.2 Å². The molecule has 14 N–H and O–H groups in total. The maximum absolute atomic E-state index is 13.0. The van der Waals surface area contributed by atoms with Crippen molar-refractivity contribution < 1.29 is 49.8 Å². The van der Waals surface area contributed by atoms with Gasteiger partial charge < -0.3 is 92.1 Å². The Balaban J connectivity index is 0.810. The van der Waals surface area contributed by atoms with Crippen molar-refractivity contribution in [2.75, 3.05) is 59.8 Å². The second-order valence-corrected chi connectivity index (χ2v) is 21.6. The molecular formula is C52H68N20O10. The van der Waals surface area contributed by atoms with E-state index in [9.17, 15) is 49.8 Å².